The van der Waals surface area contributed by atoms with Gasteiger partial charge in [0.15, 0.2) is 11.5 Å². The largest absolute Gasteiger partial charge is 0.436 e. The Morgan fingerprint density at radius 1 is 1.15 bits per heavy atom. The number of hydrogen-bond donors (Lipinski definition) is 1. The molecule has 0 bridgehead atoms. The van der Waals surface area contributed by atoms with Crippen LogP contribution in [0.3, 0.4) is 0 Å². The molecule has 1 aromatic heterocycles. The highest BCUT2D eigenvalue weighted by Crippen LogP contribution is 2.33. The van der Waals surface area contributed by atoms with E-state index in [1.807, 2.05) is 25.1 Å². The number of hydrogen-bond acceptors (Lipinski definition) is 7. The minimum atomic E-state index is -4.51. The zero-order valence-corrected chi connectivity index (χ0v) is 18.4. The van der Waals surface area contributed by atoms with Gasteiger partial charge in [-0.15, -0.1) is 10.2 Å². The van der Waals surface area contributed by atoms with Gasteiger partial charge in [-0.2, -0.15) is 13.2 Å². The fourth-order valence-corrected chi connectivity index (χ4v) is 3.54. The number of rotatable bonds is 5. The number of ether oxygens (including phenoxy) is 1. The predicted octanol–water partition coefficient (Wildman–Crippen LogP) is 4.85. The van der Waals surface area contributed by atoms with Crippen molar-refractivity contribution in [3.63, 3.8) is 0 Å². The number of aryl methyl sites for hydroxylation is 2. The van der Waals surface area contributed by atoms with Crippen molar-refractivity contribution in [2.45, 2.75) is 32.5 Å². The molecule has 1 atom stereocenters. The normalized spacial score (nSPS) is 15.9. The van der Waals surface area contributed by atoms with Crippen molar-refractivity contribution in [2.24, 2.45) is 5.16 Å². The molecule has 1 aliphatic heterocycles. The molecular formula is C22H19ClF3N5O2. The Labute approximate surface area is 192 Å². The highest BCUT2D eigenvalue weighted by atomic mass is 35.5. The SMILES string of the molecule is Cc1ccc(CC2CON=C(c3nc(C)nnc3Oc3cccc(C(F)(F)F)c3)N2)c(Cl)c1. The first-order chi connectivity index (χ1) is 15.7. The van der Waals surface area contributed by atoms with E-state index in [0.717, 1.165) is 23.3 Å². The second-order valence-corrected chi connectivity index (χ2v) is 7.92. The van der Waals surface area contributed by atoms with E-state index >= 15 is 0 Å². The number of halogens is 4. The van der Waals surface area contributed by atoms with Crippen molar-refractivity contribution in [3.8, 4) is 11.6 Å². The molecule has 4 rings (SSSR count). The Morgan fingerprint density at radius 3 is 2.73 bits per heavy atom. The molecule has 0 radical (unpaired) electrons. The topological polar surface area (TPSA) is 81.5 Å². The number of nitrogens with one attached hydrogen (secondary N) is 1. The van der Waals surface area contributed by atoms with Gasteiger partial charge in [-0.3, -0.25) is 0 Å². The lowest BCUT2D eigenvalue weighted by atomic mass is 10.0. The first-order valence-corrected chi connectivity index (χ1v) is 10.3. The molecule has 0 spiro atoms. The molecule has 1 aliphatic rings. The van der Waals surface area contributed by atoms with Gasteiger partial charge >= 0.3 is 6.18 Å². The molecule has 11 heteroatoms. The monoisotopic (exact) mass is 477 g/mol. The molecule has 0 saturated carbocycles. The van der Waals surface area contributed by atoms with Crippen molar-refractivity contribution in [1.29, 1.82) is 0 Å². The molecule has 3 aromatic rings. The average Bonchev–Trinajstić information content (AvgIpc) is 2.77. The third kappa shape index (κ3) is 5.51. The van der Waals surface area contributed by atoms with Crippen LogP contribution >= 0.6 is 11.6 Å². The molecule has 0 aliphatic carbocycles. The Morgan fingerprint density at radius 2 is 1.97 bits per heavy atom. The second kappa shape index (κ2) is 9.22. The van der Waals surface area contributed by atoms with Crippen molar-refractivity contribution >= 4 is 17.4 Å². The molecule has 1 unspecified atom stereocenters. The molecule has 7 nitrogen and oxygen atoms in total. The summed E-state index contributed by atoms with van der Waals surface area (Å²) in [5.41, 5.74) is 1.31. The predicted molar refractivity (Wildman–Crippen MR) is 115 cm³/mol. The lowest BCUT2D eigenvalue weighted by Crippen LogP contribution is -2.44. The van der Waals surface area contributed by atoms with Crippen molar-refractivity contribution < 1.29 is 22.7 Å². The van der Waals surface area contributed by atoms with Crippen molar-refractivity contribution in [2.75, 3.05) is 6.61 Å². The zero-order chi connectivity index (χ0) is 23.6. The maximum atomic E-state index is 13.1. The first-order valence-electron chi connectivity index (χ1n) is 9.97. The van der Waals surface area contributed by atoms with E-state index < -0.39 is 11.7 Å². The molecule has 0 amide bonds. The summed E-state index contributed by atoms with van der Waals surface area (Å²) in [6.07, 6.45) is -3.95. The number of benzene rings is 2. The summed E-state index contributed by atoms with van der Waals surface area (Å²) in [4.78, 5) is 9.70. The molecule has 0 fully saturated rings. The molecule has 1 N–H and O–H groups in total. The molecule has 33 heavy (non-hydrogen) atoms. The lowest BCUT2D eigenvalue weighted by molar-refractivity contribution is -0.137. The molecule has 2 heterocycles. The second-order valence-electron chi connectivity index (χ2n) is 7.52. The van der Waals surface area contributed by atoms with Gasteiger partial charge in [0, 0.05) is 5.02 Å². The van der Waals surface area contributed by atoms with Crippen LogP contribution in [0.15, 0.2) is 47.6 Å². The number of nitrogens with zero attached hydrogens (tertiary/aromatic N) is 4. The van der Waals surface area contributed by atoms with Crippen molar-refractivity contribution in [1.82, 2.24) is 20.5 Å². The van der Waals surface area contributed by atoms with E-state index in [0.29, 0.717) is 17.3 Å². The minimum Gasteiger partial charge on any atom is -0.436 e. The molecule has 0 saturated heterocycles. The van der Waals surface area contributed by atoms with Crippen molar-refractivity contribution in [3.05, 3.63) is 75.7 Å². The average molecular weight is 478 g/mol. The summed E-state index contributed by atoms with van der Waals surface area (Å²) in [6, 6.07) is 10.1. The van der Waals surface area contributed by atoms with Crippen LogP contribution in [0.25, 0.3) is 0 Å². The lowest BCUT2D eigenvalue weighted by Gasteiger charge is -2.24. The van der Waals surface area contributed by atoms with E-state index in [-0.39, 0.29) is 35.8 Å². The van der Waals surface area contributed by atoms with Crippen LogP contribution in [0.5, 0.6) is 11.6 Å². The smallest absolute Gasteiger partial charge is 0.416 e. The molecule has 172 valence electrons. The van der Waals surface area contributed by atoms with Gasteiger partial charge in [0.1, 0.15) is 18.2 Å². The van der Waals surface area contributed by atoms with E-state index in [4.69, 9.17) is 21.2 Å². The molecule has 2 aromatic carbocycles. The number of amidine groups is 1. The van der Waals surface area contributed by atoms with E-state index in [2.05, 4.69) is 25.7 Å². The van der Waals surface area contributed by atoms with Gasteiger partial charge in [0.25, 0.3) is 5.88 Å². The van der Waals surface area contributed by atoms with Gasteiger partial charge in [0.2, 0.25) is 0 Å². The summed E-state index contributed by atoms with van der Waals surface area (Å²) in [6.45, 7) is 3.87. The van der Waals surface area contributed by atoms with Crippen LogP contribution in [0.2, 0.25) is 5.02 Å². The van der Waals surface area contributed by atoms with Crippen LogP contribution in [-0.4, -0.2) is 33.7 Å². The third-order valence-electron chi connectivity index (χ3n) is 4.81. The highest BCUT2D eigenvalue weighted by molar-refractivity contribution is 6.31. The third-order valence-corrected chi connectivity index (χ3v) is 5.16. The van der Waals surface area contributed by atoms with Crippen LogP contribution in [0.4, 0.5) is 13.2 Å². The molecular weight excluding hydrogens is 459 g/mol. The summed E-state index contributed by atoms with van der Waals surface area (Å²) in [5.74, 6) is 0.388. The van der Waals surface area contributed by atoms with E-state index in [1.165, 1.54) is 12.1 Å². The van der Waals surface area contributed by atoms with Gasteiger partial charge in [-0.05, 0) is 55.7 Å². The van der Waals surface area contributed by atoms with Gasteiger partial charge in [-0.25, -0.2) is 4.98 Å². The van der Waals surface area contributed by atoms with Gasteiger partial charge < -0.3 is 14.9 Å². The summed E-state index contributed by atoms with van der Waals surface area (Å²) in [7, 11) is 0. The number of oxime groups is 1. The van der Waals surface area contributed by atoms with E-state index in [1.54, 1.807) is 6.92 Å². The number of aromatic nitrogens is 3. The van der Waals surface area contributed by atoms with Crippen LogP contribution in [-0.2, 0) is 17.4 Å². The Kier molecular flexibility index (Phi) is 6.37. The fraction of sp³-hybridized carbons (Fsp3) is 0.273. The fourth-order valence-electron chi connectivity index (χ4n) is 3.23. The first kappa shape index (κ1) is 22.8. The number of alkyl halides is 3. The Balaban J connectivity index is 1.58. The summed E-state index contributed by atoms with van der Waals surface area (Å²) >= 11 is 6.35. The van der Waals surface area contributed by atoms with Crippen LogP contribution in [0.1, 0.15) is 28.2 Å². The Bertz CT molecular complexity index is 1200. The summed E-state index contributed by atoms with van der Waals surface area (Å²) < 4.78 is 44.8. The van der Waals surface area contributed by atoms with Gasteiger partial charge in [-0.1, -0.05) is 35.0 Å². The highest BCUT2D eigenvalue weighted by Gasteiger charge is 2.31. The quantitative estimate of drug-likeness (QED) is 0.566. The Hall–Kier alpha value is -3.40. The maximum Gasteiger partial charge on any atom is 0.416 e. The summed E-state index contributed by atoms with van der Waals surface area (Å²) in [5, 5.41) is 15.7. The van der Waals surface area contributed by atoms with Crippen LogP contribution in [0, 0.1) is 13.8 Å². The van der Waals surface area contributed by atoms with E-state index in [9.17, 15) is 13.2 Å². The zero-order valence-electron chi connectivity index (χ0n) is 17.7. The van der Waals surface area contributed by atoms with Gasteiger partial charge in [0.05, 0.1) is 11.6 Å². The van der Waals surface area contributed by atoms with Crippen LogP contribution < -0.4 is 10.1 Å². The standard InChI is InChI=1S/C22H19ClF3N5O2/c1-12-6-7-14(18(23)8-12)9-16-11-32-31-20(28-16)19-21(30-29-13(2)27-19)33-17-5-3-4-15(10-17)22(24,25)26/h3-8,10,16H,9,11H2,1-2H3,(H,28,31). The maximum absolute atomic E-state index is 13.1. The minimum absolute atomic E-state index is 0.0636.